The van der Waals surface area contributed by atoms with E-state index in [0.717, 1.165) is 11.1 Å². The summed E-state index contributed by atoms with van der Waals surface area (Å²) < 4.78 is 154. The highest BCUT2D eigenvalue weighted by molar-refractivity contribution is 6.32. The number of aromatic nitrogens is 2. The Balaban J connectivity index is 1.23. The molecule has 4 heteroatoms. The highest BCUT2D eigenvalue weighted by Crippen LogP contribution is 2.52. The second-order valence-electron chi connectivity index (χ2n) is 21.8. The van der Waals surface area contributed by atoms with Gasteiger partial charge in [-0.3, -0.25) is 0 Å². The molecular formula is C68H62N4. The van der Waals surface area contributed by atoms with Crippen LogP contribution < -0.4 is 9.80 Å². The van der Waals surface area contributed by atoms with Gasteiger partial charge < -0.3 is 18.6 Å². The summed E-state index contributed by atoms with van der Waals surface area (Å²) in [5.41, 5.74) is 5.27. The molecule has 0 bridgehead atoms. The standard InChI is InChI=1S/C68H62N4/c1-41(2)43-21-27-49(28-22-43)69(47-17-13-11-14-18-47)59-35-31-51-53-39-62-54(40-61(53)71-57-33-25-45(67(5,6)7)37-55(57)63(59)65(51)71)52-32-36-60(64-56-38-46(68(8,9)10)26-34-58(56)72(62)66(52)64)70(48-19-15-12-16-20-48)50-29-23-44(24-30-50)42(3)4/h11-42H,1-10H3/i11D,12D,13D,14D,15D,16D,17D,18D,19D,20D,25D,26D,33D,34D,37D,38D. The van der Waals surface area contributed by atoms with Crippen molar-refractivity contribution < 1.29 is 21.9 Å². The second-order valence-corrected chi connectivity index (χ2v) is 21.8. The molecule has 0 fully saturated rings. The van der Waals surface area contributed by atoms with Gasteiger partial charge in [-0.05, 0) is 142 Å². The van der Waals surface area contributed by atoms with E-state index in [1.165, 1.54) is 0 Å². The number of benzene rings is 9. The average Bonchev–Trinajstić information content (AvgIpc) is 1.51. The molecular weight excluding hydrogens is 873 g/mol. The Kier molecular flexibility index (Phi) is 6.63. The van der Waals surface area contributed by atoms with Crippen molar-refractivity contribution in [2.24, 2.45) is 0 Å². The molecule has 0 radical (unpaired) electrons. The van der Waals surface area contributed by atoms with Crippen LogP contribution in [0.15, 0.2) is 182 Å². The summed E-state index contributed by atoms with van der Waals surface area (Å²) in [6, 6.07) is 20.9. The van der Waals surface area contributed by atoms with Crippen molar-refractivity contribution in [2.45, 2.75) is 91.9 Å². The van der Waals surface area contributed by atoms with E-state index >= 15 is 0 Å². The highest BCUT2D eigenvalue weighted by atomic mass is 15.2. The lowest BCUT2D eigenvalue weighted by molar-refractivity contribution is 0.591. The third-order valence-electron chi connectivity index (χ3n) is 14.5. The largest absolute Gasteiger partial charge is 0.310 e. The highest BCUT2D eigenvalue weighted by Gasteiger charge is 2.29. The van der Waals surface area contributed by atoms with E-state index in [1.807, 2.05) is 135 Å². The zero-order valence-electron chi connectivity index (χ0n) is 58.0. The molecule has 0 aliphatic carbocycles. The van der Waals surface area contributed by atoms with Crippen LogP contribution in [-0.2, 0) is 10.8 Å². The second kappa shape index (κ2) is 15.8. The Morgan fingerprint density at radius 1 is 0.389 bits per heavy atom. The minimum Gasteiger partial charge on any atom is -0.310 e. The molecule has 0 aliphatic rings. The maximum atomic E-state index is 10.2. The summed E-state index contributed by atoms with van der Waals surface area (Å²) in [5, 5.41) is 4.17. The predicted molar refractivity (Wildman–Crippen MR) is 311 cm³/mol. The summed E-state index contributed by atoms with van der Waals surface area (Å²) in [6.45, 7) is 19.6. The number of fused-ring (bicyclic) bond motifs is 12. The number of hydrogen-bond donors (Lipinski definition) is 0. The summed E-state index contributed by atoms with van der Waals surface area (Å²) >= 11 is 0. The zero-order chi connectivity index (χ0) is 63.5. The van der Waals surface area contributed by atoms with Crippen molar-refractivity contribution in [3.8, 4) is 0 Å². The van der Waals surface area contributed by atoms with Gasteiger partial charge in [0.1, 0.15) is 0 Å². The fraction of sp³-hybridized carbons (Fsp3) is 0.206. The first-order chi connectivity index (χ1) is 41.3. The minimum absolute atomic E-state index is 0.00337. The minimum atomic E-state index is -0.794. The summed E-state index contributed by atoms with van der Waals surface area (Å²) in [6.07, 6.45) is 0. The Bertz CT molecular complexity index is 4800. The van der Waals surface area contributed by atoms with Crippen LogP contribution in [0.25, 0.3) is 76.2 Å². The first-order valence-corrected chi connectivity index (χ1v) is 24.7. The molecule has 0 saturated heterocycles. The Morgan fingerprint density at radius 3 is 1.11 bits per heavy atom. The van der Waals surface area contributed by atoms with Crippen molar-refractivity contribution in [1.82, 2.24) is 8.80 Å². The van der Waals surface area contributed by atoms with E-state index in [0.29, 0.717) is 99.0 Å². The van der Waals surface area contributed by atoms with E-state index in [9.17, 15) is 13.7 Å². The summed E-state index contributed by atoms with van der Waals surface area (Å²) in [5.74, 6) is 0.283. The number of para-hydroxylation sites is 2. The van der Waals surface area contributed by atoms with Crippen molar-refractivity contribution in [2.75, 3.05) is 9.80 Å². The van der Waals surface area contributed by atoms with Gasteiger partial charge in [0.05, 0.1) is 66.4 Å². The van der Waals surface area contributed by atoms with Gasteiger partial charge in [0, 0.05) is 65.8 Å². The van der Waals surface area contributed by atoms with Crippen LogP contribution in [0.5, 0.6) is 0 Å². The third kappa shape index (κ3) is 6.57. The van der Waals surface area contributed by atoms with Gasteiger partial charge in [-0.25, -0.2) is 0 Å². The van der Waals surface area contributed by atoms with Crippen LogP contribution >= 0.6 is 0 Å². The molecule has 4 aromatic heterocycles. The van der Waals surface area contributed by atoms with E-state index in [-0.39, 0.29) is 70.5 Å². The van der Waals surface area contributed by atoms with Crippen LogP contribution in [0.3, 0.4) is 0 Å². The Labute approximate surface area is 445 Å². The van der Waals surface area contributed by atoms with E-state index in [1.54, 1.807) is 9.80 Å². The fourth-order valence-corrected chi connectivity index (χ4v) is 10.8. The maximum absolute atomic E-state index is 10.2. The lowest BCUT2D eigenvalue weighted by Crippen LogP contribution is -2.11. The predicted octanol–water partition coefficient (Wildman–Crippen LogP) is 19.8. The molecule has 72 heavy (non-hydrogen) atoms. The summed E-state index contributed by atoms with van der Waals surface area (Å²) in [4.78, 5) is 3.29. The SMILES string of the molecule is [2H]c1c([2H])c([2H])c(N(c2ccc(C(C)C)cc2)c2ccc3c4cc5c(cc4n4c6c([2H])c([2H])c(C(C)(C)C)c([2H])c6c2c34)c2ccc(N(c3ccc(C(C)C)cc3)c3c([2H])c([2H])c([2H])c([2H])c3[2H])c3c4c([2H])c(C(C)(C)C)c([2H])c([2H])c4n5c23)c([2H])c1[2H]. The van der Waals surface area contributed by atoms with Gasteiger partial charge in [-0.2, -0.15) is 0 Å². The zero-order valence-corrected chi connectivity index (χ0v) is 42.0. The van der Waals surface area contributed by atoms with Crippen LogP contribution in [0.2, 0.25) is 0 Å². The first-order valence-electron chi connectivity index (χ1n) is 32.7. The van der Waals surface area contributed by atoms with Crippen molar-refractivity contribution in [3.05, 3.63) is 204 Å². The van der Waals surface area contributed by atoms with E-state index in [4.69, 9.17) is 8.22 Å². The number of hydrogen-bond acceptors (Lipinski definition) is 2. The van der Waals surface area contributed by atoms with Crippen LogP contribution in [-0.4, -0.2) is 8.80 Å². The summed E-state index contributed by atoms with van der Waals surface area (Å²) in [7, 11) is 0. The molecule has 0 spiro atoms. The van der Waals surface area contributed by atoms with Gasteiger partial charge >= 0.3 is 0 Å². The smallest absolute Gasteiger partial charge is 0.0645 e. The van der Waals surface area contributed by atoms with Gasteiger partial charge in [0.15, 0.2) is 0 Å². The van der Waals surface area contributed by atoms with Gasteiger partial charge in [-0.15, -0.1) is 0 Å². The number of anilines is 6. The van der Waals surface area contributed by atoms with Crippen LogP contribution in [0.4, 0.5) is 34.1 Å². The average molecular weight is 951 g/mol. The molecule has 354 valence electrons. The molecule has 0 atom stereocenters. The molecule has 0 N–H and O–H groups in total. The van der Waals surface area contributed by atoms with Crippen molar-refractivity contribution in [3.63, 3.8) is 0 Å². The molecule has 13 aromatic rings. The lowest BCUT2D eigenvalue weighted by atomic mass is 9.86. The molecule has 9 aromatic carbocycles. The maximum Gasteiger partial charge on any atom is 0.0645 e. The quantitative estimate of drug-likeness (QED) is 0.151. The van der Waals surface area contributed by atoms with Crippen molar-refractivity contribution >= 4 is 110 Å². The molecule has 13 rings (SSSR count). The first kappa shape index (κ1) is 30.1. The van der Waals surface area contributed by atoms with Gasteiger partial charge in [-0.1, -0.05) is 154 Å². The van der Waals surface area contributed by atoms with Gasteiger partial charge in [0.25, 0.3) is 0 Å². The topological polar surface area (TPSA) is 15.3 Å². The Morgan fingerprint density at radius 2 is 0.764 bits per heavy atom. The number of nitrogens with zero attached hydrogens (tertiary/aromatic N) is 4. The molecule has 0 amide bonds. The van der Waals surface area contributed by atoms with Gasteiger partial charge in [0.2, 0.25) is 0 Å². The third-order valence-corrected chi connectivity index (χ3v) is 14.5. The van der Waals surface area contributed by atoms with E-state index in [2.05, 4.69) is 27.7 Å². The monoisotopic (exact) mass is 951 g/mol. The molecule has 0 saturated carbocycles. The van der Waals surface area contributed by atoms with Crippen molar-refractivity contribution in [1.29, 1.82) is 0 Å². The molecule has 4 heterocycles. The van der Waals surface area contributed by atoms with Crippen LogP contribution in [0, 0.1) is 0 Å². The molecule has 4 nitrogen and oxygen atoms in total. The lowest BCUT2D eigenvalue weighted by Gasteiger charge is -2.27. The normalized spacial score (nSPS) is 15.9. The molecule has 0 unspecified atom stereocenters. The molecule has 0 aliphatic heterocycles. The Hall–Kier alpha value is -7.82. The fourth-order valence-electron chi connectivity index (χ4n) is 10.8. The van der Waals surface area contributed by atoms with Crippen LogP contribution in [0.1, 0.15) is 125 Å². The number of rotatable bonds is 8. The van der Waals surface area contributed by atoms with E-state index < -0.39 is 71.3 Å².